The smallest absolute Gasteiger partial charge is 0.00972 e. The lowest BCUT2D eigenvalue weighted by Gasteiger charge is -2.95. The molecule has 14 atom stereocenters. The number of rotatable bonds is 0. The number of fused-ring (bicyclic) bond motifs is 3. The Kier molecular flexibility index (Phi) is 1.00. The van der Waals surface area contributed by atoms with Gasteiger partial charge in [0, 0.05) is 0 Å². The van der Waals surface area contributed by atoms with Crippen LogP contribution in [0.25, 0.3) is 0 Å². The molecule has 14 unspecified atom stereocenters. The van der Waals surface area contributed by atoms with Gasteiger partial charge in [-0.25, -0.2) is 0 Å². The molecule has 13 rings (SSSR count). The van der Waals surface area contributed by atoms with E-state index in [0.717, 1.165) is 21.7 Å². The Hall–Kier alpha value is 0. The SMILES string of the molecule is C1CC2C3CC4C3C35C6CCC7C8C6C6CCC8C(C1)(C273)C645. The minimum Gasteiger partial charge on any atom is -0.0524 e. The first-order chi connectivity index (χ1) is 10.9. The molecule has 0 amide bonds. The van der Waals surface area contributed by atoms with Crippen molar-refractivity contribution < 1.29 is 0 Å². The van der Waals surface area contributed by atoms with E-state index < -0.39 is 0 Å². The lowest BCUT2D eigenvalue weighted by atomic mass is 9.08. The van der Waals surface area contributed by atoms with Crippen molar-refractivity contribution in [2.75, 3.05) is 0 Å². The summed E-state index contributed by atoms with van der Waals surface area (Å²) in [5.41, 5.74) is 3.98. The van der Waals surface area contributed by atoms with Crippen LogP contribution in [0, 0.1) is 80.8 Å². The first kappa shape index (κ1) is 10.1. The minimum absolute atomic E-state index is 0.971. The molecule has 0 saturated heterocycles. The van der Waals surface area contributed by atoms with Gasteiger partial charge in [0.05, 0.1) is 0 Å². The Morgan fingerprint density at radius 1 is 0.591 bits per heavy atom. The van der Waals surface area contributed by atoms with Crippen molar-refractivity contribution in [1.29, 1.82) is 0 Å². The molecule has 0 N–H and O–H groups in total. The molecule has 0 nitrogen and oxygen atoms in total. The molecule has 10 bridgehead atoms. The van der Waals surface area contributed by atoms with E-state index in [2.05, 4.69) is 0 Å². The minimum atomic E-state index is 0.971. The van der Waals surface area contributed by atoms with Gasteiger partial charge >= 0.3 is 0 Å². The van der Waals surface area contributed by atoms with Crippen LogP contribution in [0.1, 0.15) is 51.4 Å². The van der Waals surface area contributed by atoms with Crippen LogP contribution in [0.2, 0.25) is 0 Å². The predicted octanol–water partition coefficient (Wildman–Crippen LogP) is 4.35. The second-order valence-corrected chi connectivity index (χ2v) is 11.8. The second-order valence-electron chi connectivity index (χ2n) is 11.8. The monoisotopic (exact) mass is 290 g/mol. The van der Waals surface area contributed by atoms with Crippen LogP contribution in [0.5, 0.6) is 0 Å². The maximum atomic E-state index is 1.74. The van der Waals surface area contributed by atoms with Crippen LogP contribution in [-0.4, -0.2) is 0 Å². The van der Waals surface area contributed by atoms with Crippen LogP contribution in [0.4, 0.5) is 0 Å². The Labute approximate surface area is 132 Å². The molecule has 0 aliphatic heterocycles. The average molecular weight is 290 g/mol. The van der Waals surface area contributed by atoms with E-state index in [1.54, 1.807) is 51.4 Å². The van der Waals surface area contributed by atoms with Crippen LogP contribution in [0.3, 0.4) is 0 Å². The fraction of sp³-hybridized carbons (Fsp3) is 1.00. The topological polar surface area (TPSA) is 0 Å². The van der Waals surface area contributed by atoms with E-state index in [9.17, 15) is 0 Å². The zero-order valence-electron chi connectivity index (χ0n) is 13.4. The molecule has 22 heavy (non-hydrogen) atoms. The van der Waals surface area contributed by atoms with Crippen molar-refractivity contribution in [2.24, 2.45) is 80.8 Å². The molecule has 0 heteroatoms. The van der Waals surface area contributed by atoms with Crippen molar-refractivity contribution in [2.45, 2.75) is 51.4 Å². The maximum absolute atomic E-state index is 1.74. The van der Waals surface area contributed by atoms with E-state index in [1.807, 2.05) is 0 Å². The highest BCUT2D eigenvalue weighted by Gasteiger charge is 3.14. The molecule has 13 saturated carbocycles. The van der Waals surface area contributed by atoms with Gasteiger partial charge in [-0.15, -0.1) is 0 Å². The highest BCUT2D eigenvalue weighted by Crippen LogP contribution is 3.17. The van der Waals surface area contributed by atoms with Gasteiger partial charge < -0.3 is 0 Å². The van der Waals surface area contributed by atoms with Gasteiger partial charge in [-0.3, -0.25) is 0 Å². The summed E-state index contributed by atoms with van der Waals surface area (Å²) in [5, 5.41) is 0. The molecular formula is C22H26. The van der Waals surface area contributed by atoms with Gasteiger partial charge in [0.1, 0.15) is 0 Å². The highest BCUT2D eigenvalue weighted by molar-refractivity contribution is 5.60. The average Bonchev–Trinajstić information content (AvgIpc) is 2.86. The lowest BCUT2D eigenvalue weighted by molar-refractivity contribution is -0.493. The summed E-state index contributed by atoms with van der Waals surface area (Å²) in [6.45, 7) is 0. The van der Waals surface area contributed by atoms with E-state index in [1.165, 1.54) is 59.2 Å². The van der Waals surface area contributed by atoms with Crippen LogP contribution in [0.15, 0.2) is 0 Å². The second kappa shape index (κ2) is 2.19. The zero-order chi connectivity index (χ0) is 13.4. The first-order valence-corrected chi connectivity index (χ1v) is 10.9. The number of hydrogen-bond donors (Lipinski definition) is 0. The normalized spacial score (nSPS) is 92.7. The third-order valence-corrected chi connectivity index (χ3v) is 13.8. The molecule has 13 aliphatic carbocycles. The molecule has 13 fully saturated rings. The van der Waals surface area contributed by atoms with Crippen molar-refractivity contribution in [1.82, 2.24) is 0 Å². The van der Waals surface area contributed by atoms with E-state index >= 15 is 0 Å². The first-order valence-electron chi connectivity index (χ1n) is 10.9. The summed E-state index contributed by atoms with van der Waals surface area (Å²) in [6, 6.07) is 0. The van der Waals surface area contributed by atoms with Crippen molar-refractivity contribution in [3.05, 3.63) is 0 Å². The third-order valence-electron chi connectivity index (χ3n) is 13.8. The predicted molar refractivity (Wildman–Crippen MR) is 81.6 cm³/mol. The molecule has 0 heterocycles. The van der Waals surface area contributed by atoms with Crippen molar-refractivity contribution >= 4 is 0 Å². The van der Waals surface area contributed by atoms with E-state index in [-0.39, 0.29) is 0 Å². The van der Waals surface area contributed by atoms with Crippen molar-refractivity contribution in [3.8, 4) is 0 Å². The van der Waals surface area contributed by atoms with Crippen molar-refractivity contribution in [3.63, 3.8) is 0 Å². The highest BCUT2D eigenvalue weighted by atomic mass is 15.2. The molecule has 0 aromatic rings. The van der Waals surface area contributed by atoms with Gasteiger partial charge in [-0.1, -0.05) is 6.42 Å². The molecule has 0 radical (unpaired) electrons. The molecular weight excluding hydrogens is 264 g/mol. The Balaban J connectivity index is 1.50. The quantitative estimate of drug-likeness (QED) is 0.622. The zero-order valence-corrected chi connectivity index (χ0v) is 13.4. The molecule has 0 aromatic carbocycles. The Morgan fingerprint density at radius 3 is 2.14 bits per heavy atom. The summed E-state index contributed by atoms with van der Waals surface area (Å²) in [4.78, 5) is 0. The van der Waals surface area contributed by atoms with Gasteiger partial charge in [-0.2, -0.15) is 0 Å². The van der Waals surface area contributed by atoms with Crippen LogP contribution >= 0.6 is 0 Å². The van der Waals surface area contributed by atoms with Crippen LogP contribution < -0.4 is 0 Å². The summed E-state index contributed by atoms with van der Waals surface area (Å²) >= 11 is 0. The summed E-state index contributed by atoms with van der Waals surface area (Å²) in [6.07, 6.45) is 13.6. The van der Waals surface area contributed by atoms with Gasteiger partial charge in [0.2, 0.25) is 0 Å². The number of hydrogen-bond acceptors (Lipinski definition) is 0. The maximum Gasteiger partial charge on any atom is -0.00972 e. The van der Waals surface area contributed by atoms with Gasteiger partial charge in [-0.05, 0) is 126 Å². The summed E-state index contributed by atoms with van der Waals surface area (Å²) in [7, 11) is 0. The Morgan fingerprint density at radius 2 is 1.27 bits per heavy atom. The van der Waals surface area contributed by atoms with E-state index in [4.69, 9.17) is 0 Å². The lowest BCUT2D eigenvalue weighted by Crippen LogP contribution is -2.92. The fourth-order valence-corrected chi connectivity index (χ4v) is 15.9. The Bertz CT molecular complexity index is 728. The molecule has 0 aromatic heterocycles. The van der Waals surface area contributed by atoms with Gasteiger partial charge in [0.25, 0.3) is 0 Å². The van der Waals surface area contributed by atoms with E-state index in [0.29, 0.717) is 0 Å². The molecule has 4 spiro atoms. The largest absolute Gasteiger partial charge is 0.0524 e. The van der Waals surface area contributed by atoms with Crippen LogP contribution in [-0.2, 0) is 0 Å². The molecule has 114 valence electrons. The summed E-state index contributed by atoms with van der Waals surface area (Å²) in [5.74, 6) is 12.7. The fourth-order valence-electron chi connectivity index (χ4n) is 15.9. The van der Waals surface area contributed by atoms with Gasteiger partial charge in [0.15, 0.2) is 0 Å². The molecule has 13 aliphatic rings. The third kappa shape index (κ3) is 0.421. The standard InChI is InChI=1S/C22H26/c1-2-10-9-8-15-18(9)22-14-6-5-12-16-11-3-4-13(17(14)16)21(15,22)19(11,7-1)20(10,12)22/h9-18H,1-8H2. The summed E-state index contributed by atoms with van der Waals surface area (Å²) < 4.78 is 0.